The minimum Gasteiger partial charge on any atom is -0.298 e. The Balaban J connectivity index is 1.87. The van der Waals surface area contributed by atoms with Crippen LogP contribution in [0.15, 0.2) is 73.1 Å². The van der Waals surface area contributed by atoms with Crippen LogP contribution in [0.25, 0.3) is 37.2 Å². The maximum atomic E-state index is 4.78. The molecule has 2 aromatic heterocycles. The zero-order chi connectivity index (χ0) is 22.2. The summed E-state index contributed by atoms with van der Waals surface area (Å²) >= 11 is 1.92. The molecule has 3 aromatic carbocycles. The first-order chi connectivity index (χ1) is 15.5. The molecular weight excluding hydrogens is 408 g/mol. The number of hydrogen-bond acceptors (Lipinski definition) is 2. The number of hydrogen-bond donors (Lipinski definition) is 0. The maximum absolute atomic E-state index is 4.78. The lowest BCUT2D eigenvalue weighted by atomic mass is 9.91. The zero-order valence-electron chi connectivity index (χ0n) is 19.3. The number of imidazole rings is 1. The number of thiophene rings is 1. The predicted molar refractivity (Wildman–Crippen MR) is 139 cm³/mol. The molecule has 0 amide bonds. The smallest absolute Gasteiger partial charge is 0.144 e. The molecule has 0 fully saturated rings. The molecule has 0 aliphatic heterocycles. The van der Waals surface area contributed by atoms with Gasteiger partial charge in [-0.2, -0.15) is 0 Å². The van der Waals surface area contributed by atoms with Crippen LogP contribution in [0.5, 0.6) is 0 Å². The first kappa shape index (κ1) is 21.0. The van der Waals surface area contributed by atoms with E-state index in [0.29, 0.717) is 11.8 Å². The molecule has 32 heavy (non-hydrogen) atoms. The Hall–Kier alpha value is -2.91. The van der Waals surface area contributed by atoms with Gasteiger partial charge in [-0.05, 0) is 41.9 Å². The Labute approximate surface area is 194 Å². The third-order valence-electron chi connectivity index (χ3n) is 5.95. The van der Waals surface area contributed by atoms with Gasteiger partial charge in [0.25, 0.3) is 0 Å². The van der Waals surface area contributed by atoms with Crippen molar-refractivity contribution in [2.45, 2.75) is 40.5 Å². The van der Waals surface area contributed by atoms with Crippen LogP contribution in [-0.4, -0.2) is 9.55 Å². The van der Waals surface area contributed by atoms with Gasteiger partial charge < -0.3 is 0 Å². The van der Waals surface area contributed by atoms with Crippen LogP contribution in [-0.2, 0) is 12.8 Å². The van der Waals surface area contributed by atoms with Crippen LogP contribution >= 0.6 is 11.3 Å². The summed E-state index contributed by atoms with van der Waals surface area (Å²) in [4.78, 5) is 4.78. The highest BCUT2D eigenvalue weighted by atomic mass is 32.1. The molecule has 3 heteroatoms. The first-order valence-corrected chi connectivity index (χ1v) is 12.4. The average Bonchev–Trinajstić information content (AvgIpc) is 3.39. The second kappa shape index (κ2) is 8.55. The minimum absolute atomic E-state index is 0.580. The second-order valence-corrected chi connectivity index (χ2v) is 10.6. The molecule has 5 rings (SSSR count). The van der Waals surface area contributed by atoms with Crippen molar-refractivity contribution >= 4 is 31.5 Å². The summed E-state index contributed by atoms with van der Waals surface area (Å²) in [5.74, 6) is 2.20. The molecule has 0 N–H and O–H groups in total. The van der Waals surface area contributed by atoms with Crippen LogP contribution in [0.4, 0.5) is 0 Å². The van der Waals surface area contributed by atoms with E-state index in [9.17, 15) is 0 Å². The second-order valence-electron chi connectivity index (χ2n) is 9.53. The van der Waals surface area contributed by atoms with Gasteiger partial charge >= 0.3 is 0 Å². The van der Waals surface area contributed by atoms with Gasteiger partial charge in [0.15, 0.2) is 0 Å². The van der Waals surface area contributed by atoms with Gasteiger partial charge in [-0.15, -0.1) is 11.3 Å². The highest BCUT2D eigenvalue weighted by molar-refractivity contribution is 7.26. The summed E-state index contributed by atoms with van der Waals surface area (Å²) in [6, 6.07) is 21.9. The summed E-state index contributed by atoms with van der Waals surface area (Å²) < 4.78 is 5.07. The molecule has 0 saturated heterocycles. The SMILES string of the molecule is CC(C)Cc1cc(CC(C)C)c2c(sc3ccccc32)c1-n1ccnc1-c1ccccc1. The highest BCUT2D eigenvalue weighted by Gasteiger charge is 2.21. The Morgan fingerprint density at radius 2 is 1.53 bits per heavy atom. The highest BCUT2D eigenvalue weighted by Crippen LogP contribution is 2.43. The molecule has 5 aromatic rings. The summed E-state index contributed by atoms with van der Waals surface area (Å²) in [5.41, 5.74) is 5.35. The summed E-state index contributed by atoms with van der Waals surface area (Å²) in [6.07, 6.45) is 6.21. The largest absolute Gasteiger partial charge is 0.298 e. The Morgan fingerprint density at radius 1 is 0.844 bits per heavy atom. The fraction of sp³-hybridized carbons (Fsp3) is 0.276. The Morgan fingerprint density at radius 3 is 2.28 bits per heavy atom. The third kappa shape index (κ3) is 3.75. The van der Waals surface area contributed by atoms with E-state index < -0.39 is 0 Å². The van der Waals surface area contributed by atoms with Crippen molar-refractivity contribution in [3.63, 3.8) is 0 Å². The van der Waals surface area contributed by atoms with Gasteiger partial charge in [0.05, 0.1) is 10.4 Å². The molecule has 0 aliphatic rings. The molecule has 0 unspecified atom stereocenters. The van der Waals surface area contributed by atoms with E-state index in [4.69, 9.17) is 4.98 Å². The monoisotopic (exact) mass is 438 g/mol. The molecule has 0 radical (unpaired) electrons. The predicted octanol–water partition coefficient (Wildman–Crippen LogP) is 8.30. The van der Waals surface area contributed by atoms with Crippen LogP contribution in [0.1, 0.15) is 38.8 Å². The van der Waals surface area contributed by atoms with Crippen molar-refractivity contribution in [3.05, 3.63) is 84.2 Å². The summed E-state index contributed by atoms with van der Waals surface area (Å²) in [5, 5.41) is 2.80. The molecule has 2 nitrogen and oxygen atoms in total. The van der Waals surface area contributed by atoms with Gasteiger partial charge in [-0.3, -0.25) is 4.57 Å². The van der Waals surface area contributed by atoms with Gasteiger partial charge in [-0.1, -0.05) is 82.3 Å². The molecular formula is C29H30N2S. The number of aromatic nitrogens is 2. The summed E-state index contributed by atoms with van der Waals surface area (Å²) in [7, 11) is 0. The first-order valence-electron chi connectivity index (χ1n) is 11.6. The van der Waals surface area contributed by atoms with E-state index in [-0.39, 0.29) is 0 Å². The Bertz CT molecular complexity index is 1370. The Kier molecular flexibility index (Phi) is 5.60. The molecule has 0 aliphatic carbocycles. The van der Waals surface area contributed by atoms with Gasteiger partial charge in [0, 0.05) is 33.4 Å². The molecule has 0 spiro atoms. The van der Waals surface area contributed by atoms with Crippen LogP contribution in [0.3, 0.4) is 0 Å². The molecule has 2 heterocycles. The lowest BCUT2D eigenvalue weighted by molar-refractivity contribution is 0.637. The fourth-order valence-electron chi connectivity index (χ4n) is 4.77. The van der Waals surface area contributed by atoms with E-state index >= 15 is 0 Å². The molecule has 162 valence electrons. The van der Waals surface area contributed by atoms with Crippen molar-refractivity contribution < 1.29 is 0 Å². The number of benzene rings is 3. The van der Waals surface area contributed by atoms with Crippen molar-refractivity contribution in [1.82, 2.24) is 9.55 Å². The van der Waals surface area contributed by atoms with Crippen molar-refractivity contribution in [2.75, 3.05) is 0 Å². The van der Waals surface area contributed by atoms with Crippen molar-refractivity contribution in [3.8, 4) is 17.1 Å². The van der Waals surface area contributed by atoms with Gasteiger partial charge in [0.1, 0.15) is 5.82 Å². The molecule has 0 bridgehead atoms. The van der Waals surface area contributed by atoms with E-state index in [2.05, 4.69) is 99.1 Å². The van der Waals surface area contributed by atoms with Gasteiger partial charge in [-0.25, -0.2) is 4.98 Å². The number of nitrogens with zero attached hydrogens (tertiary/aromatic N) is 2. The maximum Gasteiger partial charge on any atom is 0.144 e. The number of rotatable bonds is 6. The molecule has 0 saturated carbocycles. The van der Waals surface area contributed by atoms with Crippen LogP contribution in [0, 0.1) is 11.8 Å². The van der Waals surface area contributed by atoms with Crippen molar-refractivity contribution in [2.24, 2.45) is 11.8 Å². The number of fused-ring (bicyclic) bond motifs is 3. The zero-order valence-corrected chi connectivity index (χ0v) is 20.1. The van der Waals surface area contributed by atoms with Crippen molar-refractivity contribution in [1.29, 1.82) is 0 Å². The normalized spacial score (nSPS) is 11.9. The quantitative estimate of drug-likeness (QED) is 0.261. The van der Waals surface area contributed by atoms with Gasteiger partial charge in [0.2, 0.25) is 0 Å². The topological polar surface area (TPSA) is 17.8 Å². The molecule has 0 atom stereocenters. The minimum atomic E-state index is 0.580. The van der Waals surface area contributed by atoms with E-state index in [1.807, 2.05) is 17.5 Å². The van der Waals surface area contributed by atoms with E-state index in [1.165, 1.54) is 37.0 Å². The lowest BCUT2D eigenvalue weighted by Gasteiger charge is -2.19. The summed E-state index contributed by atoms with van der Waals surface area (Å²) in [6.45, 7) is 9.26. The standard InChI is InChI=1S/C29H30N2S/c1-19(2)16-22-18-23(17-20(3)4)27(28-26(22)24-12-8-9-13-25(24)32-28)31-15-14-30-29(31)21-10-6-5-7-11-21/h5-15,18-20H,16-17H2,1-4H3. The van der Waals surface area contributed by atoms with E-state index in [0.717, 1.165) is 24.2 Å². The fourth-order valence-corrected chi connectivity index (χ4v) is 6.09. The lowest BCUT2D eigenvalue weighted by Crippen LogP contribution is -2.07. The third-order valence-corrected chi connectivity index (χ3v) is 7.13. The van der Waals surface area contributed by atoms with Crippen LogP contribution < -0.4 is 0 Å². The van der Waals surface area contributed by atoms with E-state index in [1.54, 1.807) is 0 Å². The van der Waals surface area contributed by atoms with Crippen LogP contribution in [0.2, 0.25) is 0 Å². The average molecular weight is 439 g/mol.